The van der Waals surface area contributed by atoms with Crippen LogP contribution < -0.4 is 0 Å². The Morgan fingerprint density at radius 1 is 1.62 bits per heavy atom. The van der Waals surface area contributed by atoms with Crippen molar-refractivity contribution in [3.05, 3.63) is 36.2 Å². The van der Waals surface area contributed by atoms with Crippen molar-refractivity contribution in [3.63, 3.8) is 0 Å². The summed E-state index contributed by atoms with van der Waals surface area (Å²) in [6.45, 7) is 2.16. The number of pyridine rings is 1. The number of carbonyl (C=O) groups is 1. The molecule has 0 fully saturated rings. The van der Waals surface area contributed by atoms with Gasteiger partial charge < -0.3 is 4.74 Å². The van der Waals surface area contributed by atoms with E-state index in [9.17, 15) is 4.79 Å². The number of hydrogen-bond donors (Lipinski definition) is 0. The molecule has 0 aliphatic carbocycles. The van der Waals surface area contributed by atoms with Gasteiger partial charge in [-0.25, -0.2) is 4.79 Å². The minimum Gasteiger partial charge on any atom is -0.463 e. The molecule has 1 rings (SSSR count). The Kier molecular flexibility index (Phi) is 3.70. The van der Waals surface area contributed by atoms with Gasteiger partial charge in [-0.3, -0.25) is 4.98 Å². The summed E-state index contributed by atoms with van der Waals surface area (Å²) in [5.41, 5.74) is 0.746. The quantitative estimate of drug-likeness (QED) is 0.520. The van der Waals surface area contributed by atoms with E-state index in [1.165, 1.54) is 6.08 Å². The molecule has 13 heavy (non-hydrogen) atoms. The summed E-state index contributed by atoms with van der Waals surface area (Å²) in [5, 5.41) is 0. The first-order chi connectivity index (χ1) is 6.33. The van der Waals surface area contributed by atoms with E-state index in [2.05, 4.69) is 4.98 Å². The third kappa shape index (κ3) is 3.51. The van der Waals surface area contributed by atoms with Crippen LogP contribution in [0.5, 0.6) is 0 Å². The van der Waals surface area contributed by atoms with E-state index in [0.717, 1.165) is 5.69 Å². The van der Waals surface area contributed by atoms with Gasteiger partial charge in [0.25, 0.3) is 0 Å². The first kappa shape index (κ1) is 9.45. The molecule has 68 valence electrons. The molecule has 0 aromatic carbocycles. The fourth-order valence-electron chi connectivity index (χ4n) is 0.818. The van der Waals surface area contributed by atoms with Crippen LogP contribution in [0.4, 0.5) is 0 Å². The zero-order chi connectivity index (χ0) is 9.52. The molecule has 3 nitrogen and oxygen atoms in total. The van der Waals surface area contributed by atoms with E-state index in [4.69, 9.17) is 4.74 Å². The molecule has 0 aliphatic rings. The first-order valence-electron chi connectivity index (χ1n) is 4.09. The zero-order valence-electron chi connectivity index (χ0n) is 7.43. The number of ether oxygens (including phenoxy) is 1. The van der Waals surface area contributed by atoms with Gasteiger partial charge in [0.15, 0.2) is 0 Å². The molecule has 1 aromatic rings. The van der Waals surface area contributed by atoms with E-state index < -0.39 is 0 Å². The van der Waals surface area contributed by atoms with Crippen LogP contribution in [0.3, 0.4) is 0 Å². The average Bonchev–Trinajstić information content (AvgIpc) is 2.17. The van der Waals surface area contributed by atoms with Gasteiger partial charge in [0.05, 0.1) is 12.3 Å². The molecule has 0 saturated heterocycles. The molecule has 0 aliphatic heterocycles. The second-order valence-electron chi connectivity index (χ2n) is 2.34. The maximum absolute atomic E-state index is 10.9. The molecule has 0 unspecified atom stereocenters. The summed E-state index contributed by atoms with van der Waals surface area (Å²) in [6.07, 6.45) is 4.66. The lowest BCUT2D eigenvalue weighted by Gasteiger charge is -1.94. The number of nitrogens with zero attached hydrogens (tertiary/aromatic N) is 1. The van der Waals surface area contributed by atoms with E-state index in [1.807, 2.05) is 18.2 Å². The predicted octanol–water partition coefficient (Wildman–Crippen LogP) is 1.66. The minimum absolute atomic E-state index is 0.340. The summed E-state index contributed by atoms with van der Waals surface area (Å²) in [6, 6.07) is 5.50. The molecule has 0 amide bonds. The minimum atomic E-state index is -0.340. The van der Waals surface area contributed by atoms with Crippen molar-refractivity contribution in [2.45, 2.75) is 6.92 Å². The monoisotopic (exact) mass is 177 g/mol. The van der Waals surface area contributed by atoms with E-state index in [0.29, 0.717) is 6.61 Å². The number of rotatable bonds is 3. The summed E-state index contributed by atoms with van der Waals surface area (Å²) < 4.78 is 4.71. The lowest BCUT2D eigenvalue weighted by atomic mass is 10.3. The van der Waals surface area contributed by atoms with Crippen molar-refractivity contribution in [2.24, 2.45) is 0 Å². The Morgan fingerprint density at radius 3 is 3.08 bits per heavy atom. The molecule has 0 bridgehead atoms. The summed E-state index contributed by atoms with van der Waals surface area (Å²) >= 11 is 0. The standard InChI is InChI=1S/C10H11NO2/c1-2-13-10(12)7-6-9-5-3-4-8-11-9/h3-8H,2H2,1H3/b7-6+. The highest BCUT2D eigenvalue weighted by Gasteiger charge is 1.92. The number of carbonyl (C=O) groups excluding carboxylic acids is 1. The number of esters is 1. The van der Waals surface area contributed by atoms with Crippen LogP contribution in [0.2, 0.25) is 0 Å². The lowest BCUT2D eigenvalue weighted by molar-refractivity contribution is -0.137. The third-order valence-electron chi connectivity index (χ3n) is 1.36. The fourth-order valence-corrected chi connectivity index (χ4v) is 0.818. The SMILES string of the molecule is CCOC(=O)/C=C/c1ccccn1. The van der Waals surface area contributed by atoms with Gasteiger partial charge in [-0.1, -0.05) is 6.07 Å². The summed E-state index contributed by atoms with van der Waals surface area (Å²) in [4.78, 5) is 14.9. The zero-order valence-corrected chi connectivity index (χ0v) is 7.43. The van der Waals surface area contributed by atoms with Crippen molar-refractivity contribution < 1.29 is 9.53 Å². The predicted molar refractivity (Wildman–Crippen MR) is 49.9 cm³/mol. The summed E-state index contributed by atoms with van der Waals surface area (Å²) in [7, 11) is 0. The highest BCUT2D eigenvalue weighted by Crippen LogP contribution is 1.96. The van der Waals surface area contributed by atoms with E-state index in [-0.39, 0.29) is 5.97 Å². The Bertz CT molecular complexity index is 293. The highest BCUT2D eigenvalue weighted by atomic mass is 16.5. The highest BCUT2D eigenvalue weighted by molar-refractivity contribution is 5.86. The third-order valence-corrected chi connectivity index (χ3v) is 1.36. The van der Waals surface area contributed by atoms with Crippen molar-refractivity contribution in [2.75, 3.05) is 6.61 Å². The van der Waals surface area contributed by atoms with Gasteiger partial charge >= 0.3 is 5.97 Å². The van der Waals surface area contributed by atoms with Gasteiger partial charge in [-0.2, -0.15) is 0 Å². The second-order valence-corrected chi connectivity index (χ2v) is 2.34. The van der Waals surface area contributed by atoms with Gasteiger partial charge in [0, 0.05) is 12.3 Å². The van der Waals surface area contributed by atoms with Crippen molar-refractivity contribution in [1.29, 1.82) is 0 Å². The van der Waals surface area contributed by atoms with Crippen LogP contribution in [0.25, 0.3) is 6.08 Å². The maximum Gasteiger partial charge on any atom is 0.330 e. The Hall–Kier alpha value is -1.64. The number of aromatic nitrogens is 1. The van der Waals surface area contributed by atoms with Crippen LogP contribution in [0, 0.1) is 0 Å². The molecule has 1 aromatic heterocycles. The van der Waals surface area contributed by atoms with Crippen molar-refractivity contribution in [3.8, 4) is 0 Å². The molecule has 3 heteroatoms. The van der Waals surface area contributed by atoms with E-state index >= 15 is 0 Å². The molecule has 0 N–H and O–H groups in total. The van der Waals surface area contributed by atoms with Gasteiger partial charge in [0.1, 0.15) is 0 Å². The molecule has 0 saturated carbocycles. The molecular formula is C10H11NO2. The van der Waals surface area contributed by atoms with Crippen LogP contribution >= 0.6 is 0 Å². The fraction of sp³-hybridized carbons (Fsp3) is 0.200. The second kappa shape index (κ2) is 5.09. The topological polar surface area (TPSA) is 39.2 Å². The van der Waals surface area contributed by atoms with E-state index in [1.54, 1.807) is 19.2 Å². The average molecular weight is 177 g/mol. The van der Waals surface area contributed by atoms with Crippen LogP contribution in [-0.2, 0) is 9.53 Å². The Morgan fingerprint density at radius 2 is 2.46 bits per heavy atom. The molecule has 0 atom stereocenters. The molecule has 1 heterocycles. The van der Waals surface area contributed by atoms with Gasteiger partial charge in [-0.05, 0) is 25.1 Å². The van der Waals surface area contributed by atoms with Crippen molar-refractivity contribution in [1.82, 2.24) is 4.98 Å². The Balaban J connectivity index is 2.54. The smallest absolute Gasteiger partial charge is 0.330 e. The van der Waals surface area contributed by atoms with Crippen LogP contribution in [0.1, 0.15) is 12.6 Å². The first-order valence-corrected chi connectivity index (χ1v) is 4.09. The lowest BCUT2D eigenvalue weighted by Crippen LogP contribution is -1.98. The molecule has 0 radical (unpaired) electrons. The molecule has 0 spiro atoms. The van der Waals surface area contributed by atoms with Crippen LogP contribution in [0.15, 0.2) is 30.5 Å². The molecular weight excluding hydrogens is 166 g/mol. The van der Waals surface area contributed by atoms with Crippen molar-refractivity contribution >= 4 is 12.0 Å². The largest absolute Gasteiger partial charge is 0.463 e. The van der Waals surface area contributed by atoms with Gasteiger partial charge in [-0.15, -0.1) is 0 Å². The van der Waals surface area contributed by atoms with Gasteiger partial charge in [0.2, 0.25) is 0 Å². The van der Waals surface area contributed by atoms with Crippen LogP contribution in [-0.4, -0.2) is 17.6 Å². The maximum atomic E-state index is 10.9. The number of hydrogen-bond acceptors (Lipinski definition) is 3. The normalized spacial score (nSPS) is 10.2. The summed E-state index contributed by atoms with van der Waals surface area (Å²) in [5.74, 6) is -0.340. The Labute approximate surface area is 77.1 Å².